The molecule has 1 aromatic carbocycles. The zero-order chi connectivity index (χ0) is 13.3. The highest BCUT2D eigenvalue weighted by Gasteiger charge is 2.30. The average Bonchev–Trinajstić information content (AvgIpc) is 2.29. The van der Waals surface area contributed by atoms with E-state index in [1.54, 1.807) is 12.1 Å². The van der Waals surface area contributed by atoms with Gasteiger partial charge in [0.25, 0.3) is 0 Å². The Morgan fingerprint density at radius 2 is 1.83 bits per heavy atom. The predicted molar refractivity (Wildman–Crippen MR) is 68.2 cm³/mol. The summed E-state index contributed by atoms with van der Waals surface area (Å²) in [5, 5.41) is 0. The van der Waals surface area contributed by atoms with Crippen LogP contribution in [0.15, 0.2) is 24.3 Å². The summed E-state index contributed by atoms with van der Waals surface area (Å²) in [6.45, 7) is 1.60. The number of hydrogen-bond acceptors (Lipinski definition) is 3. The summed E-state index contributed by atoms with van der Waals surface area (Å²) >= 11 is 0. The fraction of sp³-hybridized carbons (Fsp3) is 0.500. The molecule has 0 radical (unpaired) electrons. The van der Waals surface area contributed by atoms with Gasteiger partial charge in [0.1, 0.15) is 5.82 Å². The molecule has 0 aromatic heterocycles. The molecule has 2 rings (SSSR count). The van der Waals surface area contributed by atoms with Crippen molar-refractivity contribution in [3.63, 3.8) is 0 Å². The lowest BCUT2D eigenvalue weighted by molar-refractivity contribution is 0.149. The van der Waals surface area contributed by atoms with Crippen LogP contribution in [0, 0.1) is 5.82 Å². The van der Waals surface area contributed by atoms with Gasteiger partial charge in [-0.3, -0.25) is 4.90 Å². The van der Waals surface area contributed by atoms with Gasteiger partial charge in [0.15, 0.2) is 0 Å². The second-order valence-electron chi connectivity index (χ2n) is 4.67. The van der Waals surface area contributed by atoms with E-state index in [9.17, 15) is 12.8 Å². The van der Waals surface area contributed by atoms with E-state index in [4.69, 9.17) is 0 Å². The normalized spacial score (nSPS) is 23.2. The first-order chi connectivity index (χ1) is 8.38. The van der Waals surface area contributed by atoms with Crippen molar-refractivity contribution in [1.29, 1.82) is 0 Å². The van der Waals surface area contributed by atoms with Crippen molar-refractivity contribution in [2.45, 2.75) is 6.04 Å². The minimum atomic E-state index is -3.17. The lowest BCUT2D eigenvalue weighted by Gasteiger charge is -2.38. The first kappa shape index (κ1) is 13.5. The van der Waals surface area contributed by atoms with Crippen molar-refractivity contribution in [2.75, 3.05) is 32.9 Å². The van der Waals surface area contributed by atoms with Crippen LogP contribution in [-0.2, 0) is 10.0 Å². The highest BCUT2D eigenvalue weighted by molar-refractivity contribution is 7.88. The standard InChI is InChI=1S/C12H17FN2O2S/c1-14-7-8-15(18(2,16)17)9-12(14)10-3-5-11(13)6-4-10/h3-6,12H,7-9H2,1-2H3/t12-/m0/s1. The van der Waals surface area contributed by atoms with Crippen molar-refractivity contribution in [3.05, 3.63) is 35.6 Å². The van der Waals surface area contributed by atoms with Gasteiger partial charge in [0.2, 0.25) is 10.0 Å². The quantitative estimate of drug-likeness (QED) is 0.808. The van der Waals surface area contributed by atoms with Crippen LogP contribution in [0.5, 0.6) is 0 Å². The second-order valence-corrected chi connectivity index (χ2v) is 6.65. The Balaban J connectivity index is 2.23. The molecule has 0 bridgehead atoms. The Morgan fingerprint density at radius 1 is 1.22 bits per heavy atom. The van der Waals surface area contributed by atoms with Gasteiger partial charge in [-0.2, -0.15) is 4.31 Å². The number of likely N-dealkylation sites (N-methyl/N-ethyl adjacent to an activating group) is 1. The van der Waals surface area contributed by atoms with Gasteiger partial charge >= 0.3 is 0 Å². The van der Waals surface area contributed by atoms with Crippen LogP contribution < -0.4 is 0 Å². The molecule has 1 heterocycles. The van der Waals surface area contributed by atoms with Gasteiger partial charge in [-0.15, -0.1) is 0 Å². The van der Waals surface area contributed by atoms with E-state index in [0.29, 0.717) is 19.6 Å². The predicted octanol–water partition coefficient (Wildman–Crippen LogP) is 1.07. The number of nitrogens with zero attached hydrogens (tertiary/aromatic N) is 2. The van der Waals surface area contributed by atoms with Crippen LogP contribution in [0.3, 0.4) is 0 Å². The van der Waals surface area contributed by atoms with Crippen LogP contribution in [0.2, 0.25) is 0 Å². The molecule has 0 unspecified atom stereocenters. The monoisotopic (exact) mass is 272 g/mol. The molecule has 0 amide bonds. The lowest BCUT2D eigenvalue weighted by atomic mass is 10.0. The third-order valence-electron chi connectivity index (χ3n) is 3.33. The van der Waals surface area contributed by atoms with Crippen LogP contribution in [0.4, 0.5) is 4.39 Å². The molecule has 1 aliphatic heterocycles. The minimum absolute atomic E-state index is 0.0194. The number of halogens is 1. The molecule has 18 heavy (non-hydrogen) atoms. The number of piperazine rings is 1. The van der Waals surface area contributed by atoms with Crippen molar-refractivity contribution < 1.29 is 12.8 Å². The van der Waals surface area contributed by atoms with E-state index < -0.39 is 10.0 Å². The topological polar surface area (TPSA) is 40.6 Å². The van der Waals surface area contributed by atoms with Crippen LogP contribution in [-0.4, -0.2) is 50.6 Å². The number of rotatable bonds is 2. The van der Waals surface area contributed by atoms with E-state index in [2.05, 4.69) is 4.90 Å². The van der Waals surface area contributed by atoms with Crippen molar-refractivity contribution in [3.8, 4) is 0 Å². The first-order valence-electron chi connectivity index (χ1n) is 5.79. The first-order valence-corrected chi connectivity index (χ1v) is 7.63. The maximum absolute atomic E-state index is 12.9. The highest BCUT2D eigenvalue weighted by Crippen LogP contribution is 2.25. The Bertz CT molecular complexity index is 515. The summed E-state index contributed by atoms with van der Waals surface area (Å²) in [6.07, 6.45) is 1.22. The minimum Gasteiger partial charge on any atom is -0.297 e. The maximum Gasteiger partial charge on any atom is 0.211 e. The molecule has 1 aromatic rings. The molecular weight excluding hydrogens is 255 g/mol. The molecular formula is C12H17FN2O2S. The summed E-state index contributed by atoms with van der Waals surface area (Å²) in [6, 6.07) is 6.21. The fourth-order valence-electron chi connectivity index (χ4n) is 2.19. The molecule has 0 N–H and O–H groups in total. The molecule has 1 aliphatic rings. The van der Waals surface area contributed by atoms with Crippen molar-refractivity contribution >= 4 is 10.0 Å². The molecule has 0 spiro atoms. The molecule has 0 saturated carbocycles. The number of hydrogen-bond donors (Lipinski definition) is 0. The Kier molecular flexibility index (Phi) is 3.70. The summed E-state index contributed by atoms with van der Waals surface area (Å²) in [4.78, 5) is 2.09. The summed E-state index contributed by atoms with van der Waals surface area (Å²) in [7, 11) is -1.21. The van der Waals surface area contributed by atoms with Crippen molar-refractivity contribution in [1.82, 2.24) is 9.21 Å². The zero-order valence-electron chi connectivity index (χ0n) is 10.5. The van der Waals surface area contributed by atoms with Gasteiger partial charge in [-0.1, -0.05) is 12.1 Å². The molecule has 1 atom stereocenters. The average molecular weight is 272 g/mol. The summed E-state index contributed by atoms with van der Waals surface area (Å²) in [5.74, 6) is -0.280. The zero-order valence-corrected chi connectivity index (χ0v) is 11.3. The van der Waals surface area contributed by atoms with E-state index in [0.717, 1.165) is 5.56 Å². The molecule has 1 fully saturated rings. The third kappa shape index (κ3) is 2.88. The molecule has 6 heteroatoms. The molecule has 1 saturated heterocycles. The number of benzene rings is 1. The van der Waals surface area contributed by atoms with Gasteiger partial charge in [-0.25, -0.2) is 12.8 Å². The van der Waals surface area contributed by atoms with E-state index in [1.807, 2.05) is 7.05 Å². The molecule has 4 nitrogen and oxygen atoms in total. The van der Waals surface area contributed by atoms with E-state index in [-0.39, 0.29) is 11.9 Å². The van der Waals surface area contributed by atoms with Crippen molar-refractivity contribution in [2.24, 2.45) is 0 Å². The Labute approximate surface area is 107 Å². The Hall–Kier alpha value is -0.980. The second kappa shape index (κ2) is 4.95. The van der Waals surface area contributed by atoms with Gasteiger partial charge in [0, 0.05) is 25.7 Å². The SMILES string of the molecule is CN1CCN(S(C)(=O)=O)C[C@H]1c1ccc(F)cc1. The largest absolute Gasteiger partial charge is 0.297 e. The van der Waals surface area contributed by atoms with Crippen LogP contribution >= 0.6 is 0 Å². The van der Waals surface area contributed by atoms with E-state index >= 15 is 0 Å². The summed E-state index contributed by atoms with van der Waals surface area (Å²) < 4.78 is 37.5. The fourth-order valence-corrected chi connectivity index (χ4v) is 3.02. The molecule has 0 aliphatic carbocycles. The number of sulfonamides is 1. The van der Waals surface area contributed by atoms with Crippen LogP contribution in [0.25, 0.3) is 0 Å². The Morgan fingerprint density at radius 3 is 2.39 bits per heavy atom. The van der Waals surface area contributed by atoms with E-state index in [1.165, 1.54) is 22.7 Å². The van der Waals surface area contributed by atoms with Gasteiger partial charge < -0.3 is 0 Å². The van der Waals surface area contributed by atoms with Crippen LogP contribution in [0.1, 0.15) is 11.6 Å². The highest BCUT2D eigenvalue weighted by atomic mass is 32.2. The summed E-state index contributed by atoms with van der Waals surface area (Å²) in [5.41, 5.74) is 0.937. The van der Waals surface area contributed by atoms with Gasteiger partial charge in [0.05, 0.1) is 6.26 Å². The van der Waals surface area contributed by atoms with Gasteiger partial charge in [-0.05, 0) is 24.7 Å². The smallest absolute Gasteiger partial charge is 0.211 e. The lowest BCUT2D eigenvalue weighted by Crippen LogP contribution is -2.48. The third-order valence-corrected chi connectivity index (χ3v) is 4.60. The maximum atomic E-state index is 12.9. The molecule has 100 valence electrons.